The molecule has 2 saturated heterocycles. The van der Waals surface area contributed by atoms with Gasteiger partial charge in [-0.15, -0.1) is 12.4 Å². The third kappa shape index (κ3) is 3.96. The topological polar surface area (TPSA) is 49.4 Å². The van der Waals surface area contributed by atoms with Crippen molar-refractivity contribution in [2.75, 3.05) is 13.1 Å². The highest BCUT2D eigenvalue weighted by molar-refractivity contribution is 5.98. The van der Waals surface area contributed by atoms with E-state index in [4.69, 9.17) is 0 Å². The van der Waals surface area contributed by atoms with Crippen LogP contribution >= 0.6 is 12.4 Å². The first kappa shape index (κ1) is 19.4. The Labute approximate surface area is 162 Å². The van der Waals surface area contributed by atoms with E-state index in [2.05, 4.69) is 5.32 Å². The number of hydrogen-bond acceptors (Lipinski definition) is 3. The van der Waals surface area contributed by atoms with E-state index in [0.29, 0.717) is 12.0 Å². The molecule has 4 nitrogen and oxygen atoms in total. The van der Waals surface area contributed by atoms with E-state index in [1.807, 2.05) is 35.2 Å². The van der Waals surface area contributed by atoms with Crippen molar-refractivity contribution in [3.05, 3.63) is 35.9 Å². The number of carbonyl (C=O) groups is 2. The lowest BCUT2D eigenvalue weighted by Gasteiger charge is -2.33. The molecule has 4 rings (SSSR count). The summed E-state index contributed by atoms with van der Waals surface area (Å²) in [6.07, 6.45) is 7.69. The zero-order valence-corrected chi connectivity index (χ0v) is 16.0. The lowest BCUT2D eigenvalue weighted by atomic mass is 9.85. The second kappa shape index (κ2) is 8.53. The van der Waals surface area contributed by atoms with Crippen molar-refractivity contribution >= 4 is 24.1 Å². The van der Waals surface area contributed by atoms with Crippen LogP contribution in [-0.2, 0) is 4.79 Å². The zero-order chi connectivity index (χ0) is 17.2. The lowest BCUT2D eigenvalue weighted by Crippen LogP contribution is -2.48. The third-order valence-electron chi connectivity index (χ3n) is 6.40. The van der Waals surface area contributed by atoms with Crippen molar-refractivity contribution in [2.45, 2.75) is 57.0 Å². The largest absolute Gasteiger partial charge is 0.341 e. The van der Waals surface area contributed by atoms with Crippen LogP contribution < -0.4 is 5.32 Å². The number of nitrogens with zero attached hydrogens (tertiary/aromatic N) is 1. The molecule has 142 valence electrons. The first-order valence-corrected chi connectivity index (χ1v) is 9.86. The first-order valence-electron chi connectivity index (χ1n) is 9.86. The summed E-state index contributed by atoms with van der Waals surface area (Å²) in [6.45, 7) is 1.44. The maximum absolute atomic E-state index is 12.9. The van der Waals surface area contributed by atoms with Gasteiger partial charge in [-0.25, -0.2) is 0 Å². The van der Waals surface area contributed by atoms with Gasteiger partial charge in [-0.2, -0.15) is 0 Å². The minimum Gasteiger partial charge on any atom is -0.341 e. The molecular weight excluding hydrogens is 348 g/mol. The number of piperidine rings is 1. The Balaban J connectivity index is 0.00000196. The van der Waals surface area contributed by atoms with Crippen molar-refractivity contribution in [3.63, 3.8) is 0 Å². The molecule has 1 aromatic carbocycles. The summed E-state index contributed by atoms with van der Waals surface area (Å²) < 4.78 is 0. The molecule has 1 aromatic rings. The van der Waals surface area contributed by atoms with Gasteiger partial charge in [-0.05, 0) is 38.0 Å². The molecule has 2 heterocycles. The fourth-order valence-corrected chi connectivity index (χ4v) is 4.93. The molecule has 0 bridgehead atoms. The van der Waals surface area contributed by atoms with E-state index >= 15 is 0 Å². The van der Waals surface area contributed by atoms with Crippen molar-refractivity contribution in [1.29, 1.82) is 0 Å². The van der Waals surface area contributed by atoms with Crippen LogP contribution in [0.15, 0.2) is 30.3 Å². The molecule has 3 unspecified atom stereocenters. The molecule has 3 aliphatic rings. The van der Waals surface area contributed by atoms with Gasteiger partial charge in [0.2, 0.25) is 5.91 Å². The molecule has 1 aliphatic carbocycles. The van der Waals surface area contributed by atoms with E-state index < -0.39 is 0 Å². The number of nitrogens with one attached hydrogen (secondary N) is 1. The monoisotopic (exact) mass is 376 g/mol. The normalized spacial score (nSPS) is 28.9. The molecule has 1 amide bonds. The smallest absolute Gasteiger partial charge is 0.239 e. The Hall–Kier alpha value is -1.39. The van der Waals surface area contributed by atoms with Crippen molar-refractivity contribution in [1.82, 2.24) is 10.2 Å². The SMILES string of the molecule is Cl.O=C(c1ccccc1)C1CCN(C(=O)C2CC3CCCCC3N2)CC1. The predicted molar refractivity (Wildman–Crippen MR) is 105 cm³/mol. The molecule has 1 saturated carbocycles. The highest BCUT2D eigenvalue weighted by Gasteiger charge is 2.40. The van der Waals surface area contributed by atoms with Gasteiger partial charge in [0.25, 0.3) is 0 Å². The number of Topliss-reactive ketones (excluding diaryl/α,β-unsaturated/α-hetero) is 1. The summed E-state index contributed by atoms with van der Waals surface area (Å²) in [5, 5.41) is 3.59. The van der Waals surface area contributed by atoms with Gasteiger partial charge < -0.3 is 10.2 Å². The Morgan fingerprint density at radius 2 is 1.65 bits per heavy atom. The minimum absolute atomic E-state index is 0. The fourth-order valence-electron chi connectivity index (χ4n) is 4.93. The summed E-state index contributed by atoms with van der Waals surface area (Å²) in [6, 6.07) is 10.1. The van der Waals surface area contributed by atoms with Gasteiger partial charge in [0.15, 0.2) is 5.78 Å². The molecule has 2 aliphatic heterocycles. The van der Waals surface area contributed by atoms with Crippen LogP contribution in [0.1, 0.15) is 55.3 Å². The third-order valence-corrected chi connectivity index (χ3v) is 6.40. The molecule has 0 radical (unpaired) electrons. The molecule has 3 fully saturated rings. The molecule has 0 aromatic heterocycles. The van der Waals surface area contributed by atoms with Crippen LogP contribution in [0.4, 0.5) is 0 Å². The van der Waals surface area contributed by atoms with Crippen LogP contribution in [0, 0.1) is 11.8 Å². The highest BCUT2D eigenvalue weighted by atomic mass is 35.5. The van der Waals surface area contributed by atoms with Crippen LogP contribution in [0.5, 0.6) is 0 Å². The number of likely N-dealkylation sites (tertiary alicyclic amines) is 1. The summed E-state index contributed by atoms with van der Waals surface area (Å²) in [4.78, 5) is 27.4. The number of rotatable bonds is 3. The molecule has 3 atom stereocenters. The molecule has 26 heavy (non-hydrogen) atoms. The van der Waals surface area contributed by atoms with Crippen LogP contribution in [-0.4, -0.2) is 41.8 Å². The minimum atomic E-state index is 0. The zero-order valence-electron chi connectivity index (χ0n) is 15.2. The second-order valence-electron chi connectivity index (χ2n) is 7.94. The van der Waals surface area contributed by atoms with Crippen LogP contribution in [0.3, 0.4) is 0 Å². The van der Waals surface area contributed by atoms with Gasteiger partial charge in [0.05, 0.1) is 6.04 Å². The van der Waals surface area contributed by atoms with Gasteiger partial charge >= 0.3 is 0 Å². The Morgan fingerprint density at radius 1 is 0.962 bits per heavy atom. The lowest BCUT2D eigenvalue weighted by molar-refractivity contribution is -0.134. The Kier molecular flexibility index (Phi) is 6.36. The predicted octanol–water partition coefficient (Wildman–Crippen LogP) is 3.45. The van der Waals surface area contributed by atoms with Gasteiger partial charge in [0, 0.05) is 30.6 Å². The number of fused-ring (bicyclic) bond motifs is 1. The number of ketones is 1. The van der Waals surface area contributed by atoms with Gasteiger partial charge in [-0.1, -0.05) is 43.2 Å². The summed E-state index contributed by atoms with van der Waals surface area (Å²) in [5.41, 5.74) is 0.800. The number of benzene rings is 1. The fraction of sp³-hybridized carbons (Fsp3) is 0.619. The Morgan fingerprint density at radius 3 is 2.35 bits per heavy atom. The van der Waals surface area contributed by atoms with E-state index in [0.717, 1.165) is 37.9 Å². The van der Waals surface area contributed by atoms with Crippen LogP contribution in [0.2, 0.25) is 0 Å². The maximum Gasteiger partial charge on any atom is 0.239 e. The highest BCUT2D eigenvalue weighted by Crippen LogP contribution is 2.34. The average molecular weight is 377 g/mol. The number of halogens is 1. The van der Waals surface area contributed by atoms with Gasteiger partial charge in [0.1, 0.15) is 0 Å². The maximum atomic E-state index is 12.9. The van der Waals surface area contributed by atoms with E-state index in [1.165, 1.54) is 25.7 Å². The quantitative estimate of drug-likeness (QED) is 0.822. The van der Waals surface area contributed by atoms with E-state index in [9.17, 15) is 9.59 Å². The summed E-state index contributed by atoms with van der Waals surface area (Å²) >= 11 is 0. The molecule has 5 heteroatoms. The van der Waals surface area contributed by atoms with Crippen LogP contribution in [0.25, 0.3) is 0 Å². The summed E-state index contributed by atoms with van der Waals surface area (Å²) in [7, 11) is 0. The first-order chi connectivity index (χ1) is 12.2. The number of amides is 1. The van der Waals surface area contributed by atoms with Gasteiger partial charge in [-0.3, -0.25) is 9.59 Å². The molecule has 1 N–H and O–H groups in total. The van der Waals surface area contributed by atoms with Crippen molar-refractivity contribution in [3.8, 4) is 0 Å². The van der Waals surface area contributed by atoms with Crippen molar-refractivity contribution in [2.24, 2.45) is 11.8 Å². The van der Waals surface area contributed by atoms with E-state index in [1.54, 1.807) is 0 Å². The second-order valence-corrected chi connectivity index (χ2v) is 7.94. The van der Waals surface area contributed by atoms with E-state index in [-0.39, 0.29) is 36.1 Å². The average Bonchev–Trinajstić information content (AvgIpc) is 3.12. The molecule has 0 spiro atoms. The summed E-state index contributed by atoms with van der Waals surface area (Å²) in [5.74, 6) is 1.25. The Bertz CT molecular complexity index is 614. The number of hydrogen-bond donors (Lipinski definition) is 1. The number of carbonyl (C=O) groups excluding carboxylic acids is 2. The van der Waals surface area contributed by atoms with Crippen molar-refractivity contribution < 1.29 is 9.59 Å². The standard InChI is InChI=1S/C21H28N2O2.ClH/c24-20(15-6-2-1-3-7-15)16-10-12-23(13-11-16)21(25)19-14-17-8-4-5-9-18(17)22-19;/h1-3,6-7,16-19,22H,4-5,8-14H2;1H. The molecular formula is C21H29ClN2O2.